The van der Waals surface area contributed by atoms with E-state index in [1.165, 1.54) is 0 Å². The van der Waals surface area contributed by atoms with Crippen LogP contribution < -0.4 is 15.4 Å². The van der Waals surface area contributed by atoms with Crippen LogP contribution in [0, 0.1) is 13.8 Å². The number of thiocarbonyl (C=S) groups is 1. The minimum atomic E-state index is 0.528. The second-order valence-electron chi connectivity index (χ2n) is 4.75. The van der Waals surface area contributed by atoms with Crippen LogP contribution in [0.3, 0.4) is 0 Å². The molecule has 0 spiro atoms. The zero-order valence-electron chi connectivity index (χ0n) is 12.2. The van der Waals surface area contributed by atoms with Crippen LogP contribution in [0.15, 0.2) is 40.9 Å². The summed E-state index contributed by atoms with van der Waals surface area (Å²) in [5.74, 6) is 0.761. The van der Waals surface area contributed by atoms with Gasteiger partial charge in [-0.2, -0.15) is 0 Å². The maximum absolute atomic E-state index is 5.36. The summed E-state index contributed by atoms with van der Waals surface area (Å²) in [7, 11) is 1.64. The Hall–Kier alpha value is -1.59. The van der Waals surface area contributed by atoms with Gasteiger partial charge >= 0.3 is 0 Å². The van der Waals surface area contributed by atoms with Crippen molar-refractivity contribution in [3.05, 3.63) is 52.0 Å². The number of methoxy groups -OCH3 is 1. The summed E-state index contributed by atoms with van der Waals surface area (Å²) >= 11 is 8.84. The third-order valence-electron chi connectivity index (χ3n) is 3.02. The molecule has 2 aromatic rings. The summed E-state index contributed by atoms with van der Waals surface area (Å²) in [6.07, 6.45) is 0. The van der Waals surface area contributed by atoms with E-state index in [4.69, 9.17) is 17.0 Å². The molecule has 5 heteroatoms. The van der Waals surface area contributed by atoms with Gasteiger partial charge in [0.2, 0.25) is 0 Å². The van der Waals surface area contributed by atoms with E-state index in [0.29, 0.717) is 5.11 Å². The summed E-state index contributed by atoms with van der Waals surface area (Å²) in [4.78, 5) is 0. The highest BCUT2D eigenvalue weighted by Gasteiger charge is 2.06. The fraction of sp³-hybridized carbons (Fsp3) is 0.188. The molecule has 0 atom stereocenters. The van der Waals surface area contributed by atoms with Gasteiger partial charge in [0, 0.05) is 10.2 Å². The highest BCUT2D eigenvalue weighted by Crippen LogP contribution is 2.26. The van der Waals surface area contributed by atoms with Crippen LogP contribution in [-0.2, 0) is 0 Å². The van der Waals surface area contributed by atoms with Crippen molar-refractivity contribution in [3.63, 3.8) is 0 Å². The van der Waals surface area contributed by atoms with E-state index >= 15 is 0 Å². The van der Waals surface area contributed by atoms with Crippen LogP contribution >= 0.6 is 28.1 Å². The summed E-state index contributed by atoms with van der Waals surface area (Å²) in [5, 5.41) is 6.87. The van der Waals surface area contributed by atoms with Crippen molar-refractivity contribution in [3.8, 4) is 5.75 Å². The Labute approximate surface area is 138 Å². The lowest BCUT2D eigenvalue weighted by atomic mass is 10.2. The first-order valence-electron chi connectivity index (χ1n) is 6.48. The molecular weight excluding hydrogens is 348 g/mol. The first-order chi connectivity index (χ1) is 9.99. The summed E-state index contributed by atoms with van der Waals surface area (Å²) in [5.41, 5.74) is 4.08. The Morgan fingerprint density at radius 1 is 1.10 bits per heavy atom. The van der Waals surface area contributed by atoms with E-state index in [2.05, 4.69) is 26.6 Å². The maximum Gasteiger partial charge on any atom is 0.175 e. The first kappa shape index (κ1) is 15.8. The van der Waals surface area contributed by atoms with Crippen molar-refractivity contribution in [1.29, 1.82) is 0 Å². The largest absolute Gasteiger partial charge is 0.495 e. The van der Waals surface area contributed by atoms with Gasteiger partial charge in [-0.25, -0.2) is 0 Å². The predicted molar refractivity (Wildman–Crippen MR) is 96.5 cm³/mol. The molecule has 110 valence electrons. The van der Waals surface area contributed by atoms with Gasteiger partial charge in [0.15, 0.2) is 5.11 Å². The van der Waals surface area contributed by atoms with Crippen LogP contribution in [0.1, 0.15) is 11.1 Å². The lowest BCUT2D eigenvalue weighted by Gasteiger charge is -2.14. The molecule has 0 aliphatic carbocycles. The van der Waals surface area contributed by atoms with Crippen molar-refractivity contribution >= 4 is 44.6 Å². The normalized spacial score (nSPS) is 10.1. The molecule has 0 radical (unpaired) electrons. The number of hydrogen-bond acceptors (Lipinski definition) is 2. The molecule has 21 heavy (non-hydrogen) atoms. The van der Waals surface area contributed by atoms with Crippen LogP contribution in [-0.4, -0.2) is 12.2 Å². The van der Waals surface area contributed by atoms with Crippen molar-refractivity contribution in [1.82, 2.24) is 0 Å². The molecule has 0 aliphatic heterocycles. The van der Waals surface area contributed by atoms with Gasteiger partial charge < -0.3 is 15.4 Å². The minimum Gasteiger partial charge on any atom is -0.495 e. The Bertz CT molecular complexity index is 673. The average molecular weight is 365 g/mol. The number of benzene rings is 2. The number of ether oxygens (including phenoxy) is 1. The summed E-state index contributed by atoms with van der Waals surface area (Å²) in [6, 6.07) is 11.9. The molecule has 0 heterocycles. The lowest BCUT2D eigenvalue weighted by Crippen LogP contribution is -2.19. The SMILES string of the molecule is COc1ccc(C)cc1NC(=S)Nc1ccc(Br)c(C)c1. The third kappa shape index (κ3) is 4.19. The maximum atomic E-state index is 5.36. The predicted octanol–water partition coefficient (Wildman–Crippen LogP) is 4.88. The second-order valence-corrected chi connectivity index (χ2v) is 6.01. The van der Waals surface area contributed by atoms with Crippen molar-refractivity contribution < 1.29 is 4.74 Å². The van der Waals surface area contributed by atoms with E-state index < -0.39 is 0 Å². The Kier molecular flexibility index (Phi) is 5.20. The van der Waals surface area contributed by atoms with Gasteiger partial charge in [-0.15, -0.1) is 0 Å². The monoisotopic (exact) mass is 364 g/mol. The molecule has 0 fully saturated rings. The van der Waals surface area contributed by atoms with Crippen LogP contribution in [0.2, 0.25) is 0 Å². The van der Waals surface area contributed by atoms with Crippen molar-refractivity contribution in [2.75, 3.05) is 17.7 Å². The quantitative estimate of drug-likeness (QED) is 0.760. The number of hydrogen-bond donors (Lipinski definition) is 2. The molecule has 0 amide bonds. The van der Waals surface area contributed by atoms with E-state index in [1.54, 1.807) is 7.11 Å². The number of aryl methyl sites for hydroxylation is 2. The number of rotatable bonds is 3. The topological polar surface area (TPSA) is 33.3 Å². The lowest BCUT2D eigenvalue weighted by molar-refractivity contribution is 0.417. The van der Waals surface area contributed by atoms with Crippen molar-refractivity contribution in [2.45, 2.75) is 13.8 Å². The molecule has 0 bridgehead atoms. The van der Waals surface area contributed by atoms with Gasteiger partial charge in [-0.3, -0.25) is 0 Å². The van der Waals surface area contributed by atoms with E-state index in [9.17, 15) is 0 Å². The first-order valence-corrected chi connectivity index (χ1v) is 7.68. The molecular formula is C16H17BrN2OS. The zero-order valence-corrected chi connectivity index (χ0v) is 14.6. The van der Waals surface area contributed by atoms with Gasteiger partial charge in [0.05, 0.1) is 12.8 Å². The fourth-order valence-electron chi connectivity index (χ4n) is 1.93. The van der Waals surface area contributed by atoms with Crippen LogP contribution in [0.25, 0.3) is 0 Å². The number of halogens is 1. The van der Waals surface area contributed by atoms with Crippen molar-refractivity contribution in [2.24, 2.45) is 0 Å². The van der Waals surface area contributed by atoms with E-state index in [-0.39, 0.29) is 0 Å². The van der Waals surface area contributed by atoms with Crippen LogP contribution in [0.4, 0.5) is 11.4 Å². The smallest absolute Gasteiger partial charge is 0.175 e. The van der Waals surface area contributed by atoms with Gasteiger partial charge in [-0.05, 0) is 67.5 Å². The van der Waals surface area contributed by atoms with Gasteiger partial charge in [-0.1, -0.05) is 22.0 Å². The fourth-order valence-corrected chi connectivity index (χ4v) is 2.40. The Balaban J connectivity index is 2.11. The molecule has 0 unspecified atom stereocenters. The Morgan fingerprint density at radius 2 is 1.86 bits per heavy atom. The van der Waals surface area contributed by atoms with Crippen LogP contribution in [0.5, 0.6) is 5.75 Å². The summed E-state index contributed by atoms with van der Waals surface area (Å²) < 4.78 is 6.41. The highest BCUT2D eigenvalue weighted by molar-refractivity contribution is 9.10. The van der Waals surface area contributed by atoms with Gasteiger partial charge in [0.1, 0.15) is 5.75 Å². The number of nitrogens with one attached hydrogen (secondary N) is 2. The van der Waals surface area contributed by atoms with E-state index in [0.717, 1.165) is 32.7 Å². The summed E-state index contributed by atoms with van der Waals surface area (Å²) in [6.45, 7) is 4.06. The zero-order chi connectivity index (χ0) is 15.4. The highest BCUT2D eigenvalue weighted by atomic mass is 79.9. The average Bonchev–Trinajstić information content (AvgIpc) is 2.43. The van der Waals surface area contributed by atoms with E-state index in [1.807, 2.05) is 50.2 Å². The molecule has 0 saturated carbocycles. The Morgan fingerprint density at radius 3 is 2.52 bits per heavy atom. The number of anilines is 2. The van der Waals surface area contributed by atoms with Gasteiger partial charge in [0.25, 0.3) is 0 Å². The molecule has 0 aromatic heterocycles. The molecule has 2 rings (SSSR count). The second kappa shape index (κ2) is 6.91. The molecule has 0 aliphatic rings. The molecule has 2 N–H and O–H groups in total. The third-order valence-corrected chi connectivity index (χ3v) is 4.11. The minimum absolute atomic E-state index is 0.528. The molecule has 3 nitrogen and oxygen atoms in total. The molecule has 0 saturated heterocycles. The molecule has 2 aromatic carbocycles. The standard InChI is InChI=1S/C16H17BrN2OS/c1-10-4-7-15(20-3)14(8-10)19-16(21)18-12-5-6-13(17)11(2)9-12/h4-9H,1-3H3,(H2,18,19,21).